The Hall–Kier alpha value is -2.11. The van der Waals surface area contributed by atoms with Crippen LogP contribution in [-0.2, 0) is 16.1 Å². The molecule has 0 aliphatic carbocycles. The van der Waals surface area contributed by atoms with Crippen molar-refractivity contribution in [2.24, 2.45) is 0 Å². The molecule has 0 saturated carbocycles. The Bertz CT molecular complexity index is 712. The van der Waals surface area contributed by atoms with Gasteiger partial charge in [-0.25, -0.2) is 0 Å². The molecule has 2 amide bonds. The first-order valence-electron chi connectivity index (χ1n) is 9.80. The number of hydrogen-bond acceptors (Lipinski definition) is 3. The first kappa shape index (κ1) is 18.7. The molecule has 2 saturated heterocycles. The lowest BCUT2D eigenvalue weighted by molar-refractivity contribution is -0.135. The number of amides is 2. The van der Waals surface area contributed by atoms with Crippen LogP contribution >= 0.6 is 0 Å². The second kappa shape index (κ2) is 8.52. The van der Waals surface area contributed by atoms with Crippen LogP contribution in [0.4, 0.5) is 0 Å². The third-order valence-electron chi connectivity index (χ3n) is 5.67. The molecule has 3 rings (SSSR count). The first-order valence-corrected chi connectivity index (χ1v) is 9.80. The molecule has 6 heteroatoms. The van der Waals surface area contributed by atoms with E-state index in [1.54, 1.807) is 10.6 Å². The molecule has 0 bridgehead atoms. The van der Waals surface area contributed by atoms with Crippen LogP contribution < -0.4 is 5.56 Å². The lowest BCUT2D eigenvalue weighted by Crippen LogP contribution is -2.45. The van der Waals surface area contributed by atoms with Gasteiger partial charge in [0.05, 0.1) is 0 Å². The Labute approximate surface area is 154 Å². The van der Waals surface area contributed by atoms with E-state index in [-0.39, 0.29) is 23.4 Å². The lowest BCUT2D eigenvalue weighted by Gasteiger charge is -2.37. The summed E-state index contributed by atoms with van der Waals surface area (Å²) in [5.41, 5.74) is 0.827. The zero-order valence-electron chi connectivity index (χ0n) is 15.7. The molecule has 2 aliphatic rings. The van der Waals surface area contributed by atoms with Crippen molar-refractivity contribution in [3.63, 3.8) is 0 Å². The Morgan fingerprint density at radius 1 is 1.12 bits per heavy atom. The highest BCUT2D eigenvalue weighted by molar-refractivity contribution is 5.78. The number of piperidine rings is 1. The molecule has 1 unspecified atom stereocenters. The van der Waals surface area contributed by atoms with Crippen molar-refractivity contribution in [1.82, 2.24) is 14.4 Å². The van der Waals surface area contributed by atoms with Crippen molar-refractivity contribution in [3.8, 4) is 0 Å². The van der Waals surface area contributed by atoms with Crippen LogP contribution in [0.3, 0.4) is 0 Å². The number of carbonyl (C=O) groups excluding carboxylic acids is 2. The smallest absolute Gasteiger partial charge is 0.250 e. The third-order valence-corrected chi connectivity index (χ3v) is 5.67. The second-order valence-electron chi connectivity index (χ2n) is 7.42. The summed E-state index contributed by atoms with van der Waals surface area (Å²) in [4.78, 5) is 40.5. The van der Waals surface area contributed by atoms with Crippen molar-refractivity contribution in [3.05, 3.63) is 34.2 Å². The molecule has 0 spiro atoms. The minimum Gasteiger partial charge on any atom is -0.343 e. The number of nitrogens with zero attached hydrogens (tertiary/aromatic N) is 3. The van der Waals surface area contributed by atoms with Gasteiger partial charge in [-0.1, -0.05) is 6.07 Å². The average molecular weight is 359 g/mol. The number of hydrogen-bond donors (Lipinski definition) is 0. The summed E-state index contributed by atoms with van der Waals surface area (Å²) in [6.07, 6.45) is 6.02. The molecular weight excluding hydrogens is 330 g/mol. The number of aromatic nitrogens is 1. The van der Waals surface area contributed by atoms with E-state index in [0.717, 1.165) is 57.4 Å². The van der Waals surface area contributed by atoms with E-state index in [1.807, 2.05) is 22.8 Å². The van der Waals surface area contributed by atoms with E-state index >= 15 is 0 Å². The first-order chi connectivity index (χ1) is 12.6. The van der Waals surface area contributed by atoms with Gasteiger partial charge in [0.15, 0.2) is 0 Å². The SMILES string of the molecule is Cc1cccc(=O)n1CCC(=O)N1CCCCC1CCN1CCCC1=O. The maximum Gasteiger partial charge on any atom is 0.250 e. The molecule has 0 radical (unpaired) electrons. The highest BCUT2D eigenvalue weighted by Crippen LogP contribution is 2.22. The van der Waals surface area contributed by atoms with E-state index < -0.39 is 0 Å². The van der Waals surface area contributed by atoms with Crippen molar-refractivity contribution in [1.29, 1.82) is 0 Å². The Balaban J connectivity index is 1.57. The Morgan fingerprint density at radius 2 is 1.96 bits per heavy atom. The molecule has 1 aromatic heterocycles. The van der Waals surface area contributed by atoms with Gasteiger partial charge in [0.1, 0.15) is 0 Å². The van der Waals surface area contributed by atoms with Crippen molar-refractivity contribution in [2.45, 2.75) is 64.5 Å². The summed E-state index contributed by atoms with van der Waals surface area (Å²) >= 11 is 0. The largest absolute Gasteiger partial charge is 0.343 e. The molecule has 1 atom stereocenters. The second-order valence-corrected chi connectivity index (χ2v) is 7.42. The summed E-state index contributed by atoms with van der Waals surface area (Å²) < 4.78 is 1.67. The van der Waals surface area contributed by atoms with Gasteiger partial charge in [0.25, 0.3) is 5.56 Å². The van der Waals surface area contributed by atoms with Gasteiger partial charge in [0.2, 0.25) is 11.8 Å². The van der Waals surface area contributed by atoms with Crippen LogP contribution in [0, 0.1) is 6.92 Å². The quantitative estimate of drug-likeness (QED) is 0.780. The third kappa shape index (κ3) is 4.34. The van der Waals surface area contributed by atoms with Crippen LogP contribution in [-0.4, -0.2) is 51.9 Å². The molecule has 0 N–H and O–H groups in total. The Kier molecular flexibility index (Phi) is 6.12. The number of carbonyl (C=O) groups is 2. The summed E-state index contributed by atoms with van der Waals surface area (Å²) in [7, 11) is 0. The number of pyridine rings is 1. The highest BCUT2D eigenvalue weighted by Gasteiger charge is 2.28. The fourth-order valence-corrected chi connectivity index (χ4v) is 4.14. The molecule has 2 aliphatic heterocycles. The fraction of sp³-hybridized carbons (Fsp3) is 0.650. The van der Waals surface area contributed by atoms with Crippen LogP contribution in [0.5, 0.6) is 0 Å². The molecule has 26 heavy (non-hydrogen) atoms. The standard InChI is InChI=1S/C20H29N3O3/c1-16-6-4-8-19(25)22(16)15-11-20(26)23-13-3-2-7-17(23)10-14-21-12-5-9-18(21)24/h4,6,8,17H,2-3,5,7,9-15H2,1H3. The van der Waals surface area contributed by atoms with E-state index in [0.29, 0.717) is 19.4 Å². The highest BCUT2D eigenvalue weighted by atomic mass is 16.2. The lowest BCUT2D eigenvalue weighted by atomic mass is 9.98. The maximum absolute atomic E-state index is 12.8. The van der Waals surface area contributed by atoms with Gasteiger partial charge in [0, 0.05) is 56.8 Å². The van der Waals surface area contributed by atoms with E-state index in [9.17, 15) is 14.4 Å². The van der Waals surface area contributed by atoms with Gasteiger partial charge in [-0.2, -0.15) is 0 Å². The minimum absolute atomic E-state index is 0.0551. The van der Waals surface area contributed by atoms with Gasteiger partial charge in [-0.05, 0) is 45.1 Å². The topological polar surface area (TPSA) is 62.6 Å². The molecule has 3 heterocycles. The summed E-state index contributed by atoms with van der Waals surface area (Å²) in [5.74, 6) is 0.371. The van der Waals surface area contributed by atoms with Gasteiger partial charge in [-0.15, -0.1) is 0 Å². The fourth-order valence-electron chi connectivity index (χ4n) is 4.14. The number of likely N-dealkylation sites (tertiary alicyclic amines) is 2. The molecular formula is C20H29N3O3. The molecule has 1 aromatic rings. The van der Waals surface area contributed by atoms with Crippen molar-refractivity contribution < 1.29 is 9.59 Å². The Morgan fingerprint density at radius 3 is 2.69 bits per heavy atom. The number of rotatable bonds is 6. The van der Waals surface area contributed by atoms with Crippen molar-refractivity contribution in [2.75, 3.05) is 19.6 Å². The van der Waals surface area contributed by atoms with Crippen LogP contribution in [0.2, 0.25) is 0 Å². The molecule has 0 aromatic carbocycles. The summed E-state index contributed by atoms with van der Waals surface area (Å²) in [5, 5.41) is 0. The predicted octanol–water partition coefficient (Wildman–Crippen LogP) is 1.94. The van der Waals surface area contributed by atoms with Gasteiger partial charge in [-0.3, -0.25) is 14.4 Å². The monoisotopic (exact) mass is 359 g/mol. The summed E-state index contributed by atoms with van der Waals surface area (Å²) in [6, 6.07) is 5.39. The van der Waals surface area contributed by atoms with Gasteiger partial charge >= 0.3 is 0 Å². The van der Waals surface area contributed by atoms with E-state index in [2.05, 4.69) is 0 Å². The maximum atomic E-state index is 12.8. The zero-order valence-corrected chi connectivity index (χ0v) is 15.7. The number of aryl methyl sites for hydroxylation is 1. The van der Waals surface area contributed by atoms with Gasteiger partial charge < -0.3 is 14.4 Å². The summed E-state index contributed by atoms with van der Waals surface area (Å²) in [6.45, 7) is 4.72. The van der Waals surface area contributed by atoms with Crippen LogP contribution in [0.25, 0.3) is 0 Å². The van der Waals surface area contributed by atoms with Crippen molar-refractivity contribution >= 4 is 11.8 Å². The molecule has 142 valence electrons. The van der Waals surface area contributed by atoms with Crippen LogP contribution in [0.15, 0.2) is 23.0 Å². The molecule has 6 nitrogen and oxygen atoms in total. The van der Waals surface area contributed by atoms with E-state index in [4.69, 9.17) is 0 Å². The minimum atomic E-state index is -0.0551. The normalized spacial score (nSPS) is 20.7. The van der Waals surface area contributed by atoms with Crippen LogP contribution in [0.1, 0.15) is 50.6 Å². The zero-order chi connectivity index (χ0) is 18.5. The van der Waals surface area contributed by atoms with E-state index in [1.165, 1.54) is 6.07 Å². The predicted molar refractivity (Wildman–Crippen MR) is 99.8 cm³/mol. The average Bonchev–Trinajstić information content (AvgIpc) is 3.04. The molecule has 2 fully saturated rings.